The van der Waals surface area contributed by atoms with Crippen LogP contribution in [0.15, 0.2) is 24.3 Å². The number of anilines is 1. The van der Waals surface area contributed by atoms with Gasteiger partial charge in [0, 0.05) is 5.56 Å². The van der Waals surface area contributed by atoms with Gasteiger partial charge in [0.25, 0.3) is 0 Å². The van der Waals surface area contributed by atoms with Gasteiger partial charge in [-0.25, -0.2) is 4.98 Å². The van der Waals surface area contributed by atoms with Crippen molar-refractivity contribution in [3.8, 4) is 11.3 Å². The number of nitrogen functional groups attached to an aromatic ring is 1. The molecule has 0 bridgehead atoms. The summed E-state index contributed by atoms with van der Waals surface area (Å²) in [5, 5.41) is 1.81. The molecule has 14 heavy (non-hydrogen) atoms. The lowest BCUT2D eigenvalue weighted by molar-refractivity contribution is 1.29. The highest BCUT2D eigenvalue weighted by Crippen LogP contribution is 2.30. The molecule has 0 atom stereocenters. The van der Waals surface area contributed by atoms with E-state index in [9.17, 15) is 0 Å². The molecule has 0 fully saturated rings. The van der Waals surface area contributed by atoms with Gasteiger partial charge in [-0.15, -0.1) is 11.3 Å². The number of nitrogens with two attached hydrogens (primary N) is 1. The summed E-state index contributed by atoms with van der Waals surface area (Å²) < 4.78 is 0. The molecule has 2 rings (SSSR count). The van der Waals surface area contributed by atoms with Crippen LogP contribution in [0.5, 0.6) is 0 Å². The maximum Gasteiger partial charge on any atom is 0.114 e. The topological polar surface area (TPSA) is 38.9 Å². The molecule has 2 N–H and O–H groups in total. The molecule has 0 unspecified atom stereocenters. The second kappa shape index (κ2) is 3.42. The fraction of sp³-hybridized carbons (Fsp3) is 0.182. The smallest absolute Gasteiger partial charge is 0.114 e. The summed E-state index contributed by atoms with van der Waals surface area (Å²) in [6.45, 7) is 4.04. The minimum Gasteiger partial charge on any atom is -0.389 e. The van der Waals surface area contributed by atoms with E-state index in [0.29, 0.717) is 0 Å². The van der Waals surface area contributed by atoms with E-state index in [4.69, 9.17) is 5.73 Å². The first kappa shape index (κ1) is 9.21. The van der Waals surface area contributed by atoms with Crippen LogP contribution in [0, 0.1) is 13.8 Å². The first-order valence-electron chi connectivity index (χ1n) is 4.47. The van der Waals surface area contributed by atoms with E-state index >= 15 is 0 Å². The Kier molecular flexibility index (Phi) is 2.25. The summed E-state index contributed by atoms with van der Waals surface area (Å²) in [5.74, 6) is 0. The molecule has 1 aromatic heterocycles. The first-order chi connectivity index (χ1) is 6.66. The van der Waals surface area contributed by atoms with E-state index in [1.807, 2.05) is 19.1 Å². The van der Waals surface area contributed by atoms with Crippen molar-refractivity contribution in [3.05, 3.63) is 34.8 Å². The van der Waals surface area contributed by atoms with Crippen molar-refractivity contribution in [1.82, 2.24) is 4.98 Å². The molecule has 1 heterocycles. The predicted octanol–water partition coefficient (Wildman–Crippen LogP) is 3.01. The van der Waals surface area contributed by atoms with Gasteiger partial charge in [-0.2, -0.15) is 0 Å². The molecular formula is C11H12N2S. The Bertz CT molecular complexity index is 460. The molecule has 0 saturated heterocycles. The molecule has 0 aliphatic carbocycles. The lowest BCUT2D eigenvalue weighted by Gasteiger charge is -1.99. The van der Waals surface area contributed by atoms with Gasteiger partial charge in [0.15, 0.2) is 0 Å². The number of rotatable bonds is 1. The van der Waals surface area contributed by atoms with Crippen molar-refractivity contribution in [2.24, 2.45) is 0 Å². The third-order valence-electron chi connectivity index (χ3n) is 2.05. The highest BCUT2D eigenvalue weighted by Gasteiger charge is 2.07. The largest absolute Gasteiger partial charge is 0.389 e. The molecule has 2 aromatic rings. The van der Waals surface area contributed by atoms with Gasteiger partial charge >= 0.3 is 0 Å². The lowest BCUT2D eigenvalue weighted by Crippen LogP contribution is -1.86. The SMILES string of the molecule is Cc1cccc(-c2nc(C)sc2N)c1. The van der Waals surface area contributed by atoms with Crippen LogP contribution >= 0.6 is 11.3 Å². The van der Waals surface area contributed by atoms with Gasteiger partial charge in [-0.1, -0.05) is 23.8 Å². The minimum absolute atomic E-state index is 0.799. The number of aryl methyl sites for hydroxylation is 2. The van der Waals surface area contributed by atoms with Crippen molar-refractivity contribution in [1.29, 1.82) is 0 Å². The van der Waals surface area contributed by atoms with Crippen LogP contribution in [0.2, 0.25) is 0 Å². The maximum absolute atomic E-state index is 5.88. The van der Waals surface area contributed by atoms with E-state index in [0.717, 1.165) is 21.3 Å². The van der Waals surface area contributed by atoms with Crippen LogP contribution in [0.4, 0.5) is 5.00 Å². The van der Waals surface area contributed by atoms with E-state index in [1.54, 1.807) is 0 Å². The summed E-state index contributed by atoms with van der Waals surface area (Å²) in [6.07, 6.45) is 0. The van der Waals surface area contributed by atoms with Gasteiger partial charge in [0.1, 0.15) is 10.7 Å². The number of thiazole rings is 1. The Morgan fingerprint density at radius 1 is 1.29 bits per heavy atom. The van der Waals surface area contributed by atoms with Gasteiger partial charge in [-0.3, -0.25) is 0 Å². The summed E-state index contributed by atoms with van der Waals surface area (Å²) in [7, 11) is 0. The third kappa shape index (κ3) is 1.63. The molecule has 1 aromatic carbocycles. The normalized spacial score (nSPS) is 10.4. The summed E-state index contributed by atoms with van der Waals surface area (Å²) in [5.41, 5.74) is 9.13. The second-order valence-electron chi connectivity index (χ2n) is 3.32. The molecule has 0 radical (unpaired) electrons. The Labute approximate surface area is 87.4 Å². The van der Waals surface area contributed by atoms with Crippen molar-refractivity contribution in [3.63, 3.8) is 0 Å². The van der Waals surface area contributed by atoms with Crippen LogP contribution in [0.1, 0.15) is 10.6 Å². The highest BCUT2D eigenvalue weighted by atomic mass is 32.1. The van der Waals surface area contributed by atoms with Crippen LogP contribution in [-0.4, -0.2) is 4.98 Å². The van der Waals surface area contributed by atoms with E-state index < -0.39 is 0 Å². The fourth-order valence-corrected chi connectivity index (χ4v) is 2.16. The van der Waals surface area contributed by atoms with Gasteiger partial charge in [-0.05, 0) is 19.9 Å². The molecule has 2 nitrogen and oxygen atoms in total. The first-order valence-corrected chi connectivity index (χ1v) is 5.28. The summed E-state index contributed by atoms with van der Waals surface area (Å²) >= 11 is 1.54. The van der Waals surface area contributed by atoms with Crippen molar-refractivity contribution < 1.29 is 0 Å². The highest BCUT2D eigenvalue weighted by molar-refractivity contribution is 7.16. The lowest BCUT2D eigenvalue weighted by atomic mass is 10.1. The molecule has 72 valence electrons. The van der Waals surface area contributed by atoms with Gasteiger partial charge in [0.2, 0.25) is 0 Å². The zero-order valence-electron chi connectivity index (χ0n) is 8.24. The van der Waals surface area contributed by atoms with Crippen LogP contribution in [0.3, 0.4) is 0 Å². The number of benzene rings is 1. The van der Waals surface area contributed by atoms with Crippen molar-refractivity contribution in [2.75, 3.05) is 5.73 Å². The van der Waals surface area contributed by atoms with Crippen LogP contribution < -0.4 is 5.73 Å². The van der Waals surface area contributed by atoms with Crippen LogP contribution in [-0.2, 0) is 0 Å². The monoisotopic (exact) mass is 204 g/mol. The fourth-order valence-electron chi connectivity index (χ4n) is 1.44. The Morgan fingerprint density at radius 3 is 2.64 bits per heavy atom. The molecule has 0 amide bonds. The Balaban J connectivity index is 2.54. The summed E-state index contributed by atoms with van der Waals surface area (Å²) in [4.78, 5) is 4.42. The second-order valence-corrected chi connectivity index (χ2v) is 4.55. The third-order valence-corrected chi connectivity index (χ3v) is 2.85. The quantitative estimate of drug-likeness (QED) is 0.775. The van der Waals surface area contributed by atoms with Crippen molar-refractivity contribution >= 4 is 16.3 Å². The van der Waals surface area contributed by atoms with Gasteiger partial charge in [0.05, 0.1) is 5.01 Å². The van der Waals surface area contributed by atoms with E-state index in [2.05, 4.69) is 24.0 Å². The Hall–Kier alpha value is -1.35. The predicted molar refractivity (Wildman–Crippen MR) is 61.4 cm³/mol. The zero-order valence-corrected chi connectivity index (χ0v) is 9.06. The van der Waals surface area contributed by atoms with E-state index in [1.165, 1.54) is 16.9 Å². The molecule has 0 spiro atoms. The number of aromatic nitrogens is 1. The van der Waals surface area contributed by atoms with Gasteiger partial charge < -0.3 is 5.73 Å². The average molecular weight is 204 g/mol. The summed E-state index contributed by atoms with van der Waals surface area (Å²) in [6, 6.07) is 8.24. The van der Waals surface area contributed by atoms with Crippen LogP contribution in [0.25, 0.3) is 11.3 Å². The standard InChI is InChI=1S/C11H12N2S/c1-7-4-3-5-9(6-7)10-11(12)14-8(2)13-10/h3-6H,12H2,1-2H3. The molecule has 0 saturated carbocycles. The number of hydrogen-bond acceptors (Lipinski definition) is 3. The zero-order chi connectivity index (χ0) is 10.1. The number of hydrogen-bond donors (Lipinski definition) is 1. The van der Waals surface area contributed by atoms with Crippen molar-refractivity contribution in [2.45, 2.75) is 13.8 Å². The van der Waals surface area contributed by atoms with E-state index in [-0.39, 0.29) is 0 Å². The molecule has 0 aliphatic heterocycles. The minimum atomic E-state index is 0.799. The Morgan fingerprint density at radius 2 is 2.07 bits per heavy atom. The maximum atomic E-state index is 5.88. The number of nitrogens with zero attached hydrogens (tertiary/aromatic N) is 1. The molecule has 3 heteroatoms. The average Bonchev–Trinajstić information content (AvgIpc) is 2.45. The molecular weight excluding hydrogens is 192 g/mol. The molecule has 0 aliphatic rings.